The Morgan fingerprint density at radius 2 is 1.81 bits per heavy atom. The number of nitrogen functional groups attached to an aromatic ring is 1. The van der Waals surface area contributed by atoms with E-state index in [1.165, 1.54) is 12.5 Å². The number of H-pyrrole nitrogens is 1. The smallest absolute Gasteiger partial charge is 0.138 e. The number of pyridine rings is 2. The minimum absolute atomic E-state index is 0.271. The Hall–Kier alpha value is -4.82. The minimum atomic E-state index is -0.271. The van der Waals surface area contributed by atoms with E-state index in [9.17, 15) is 4.39 Å². The van der Waals surface area contributed by atoms with E-state index in [1.807, 2.05) is 36.5 Å². The number of imidazole rings is 1. The van der Waals surface area contributed by atoms with Gasteiger partial charge >= 0.3 is 0 Å². The lowest BCUT2D eigenvalue weighted by Crippen LogP contribution is -2.36. The van der Waals surface area contributed by atoms with Crippen molar-refractivity contribution < 1.29 is 4.39 Å². The second-order valence-corrected chi connectivity index (χ2v) is 11.7. The van der Waals surface area contributed by atoms with Crippen LogP contribution in [0.15, 0.2) is 86.1 Å². The third-order valence-corrected chi connectivity index (χ3v) is 7.73. The molecule has 0 radical (unpaired) electrons. The summed E-state index contributed by atoms with van der Waals surface area (Å²) in [5.41, 5.74) is 16.0. The average Bonchev–Trinajstić information content (AvgIpc) is 3.39. The van der Waals surface area contributed by atoms with Crippen LogP contribution in [0.1, 0.15) is 43.6 Å². The van der Waals surface area contributed by atoms with Crippen LogP contribution in [0.2, 0.25) is 0 Å². The van der Waals surface area contributed by atoms with E-state index in [0.29, 0.717) is 28.5 Å². The number of nitrogens with two attached hydrogens (primary N) is 1. The Balaban J connectivity index is 1.30. The number of allylic oxidation sites excluding steroid dienone is 1. The summed E-state index contributed by atoms with van der Waals surface area (Å²) < 4.78 is 14.7. The largest absolute Gasteiger partial charge is 0.398 e. The molecule has 5 aromatic rings. The molecule has 1 saturated heterocycles. The zero-order valence-corrected chi connectivity index (χ0v) is 24.6. The summed E-state index contributed by atoms with van der Waals surface area (Å²) >= 11 is 0. The highest BCUT2D eigenvalue weighted by Gasteiger charge is 2.18. The lowest BCUT2D eigenvalue weighted by atomic mass is 9.98. The third-order valence-electron chi connectivity index (χ3n) is 7.73. The quantitative estimate of drug-likeness (QED) is 0.149. The van der Waals surface area contributed by atoms with Crippen LogP contribution in [0.25, 0.3) is 38.9 Å². The Morgan fingerprint density at radius 1 is 1.00 bits per heavy atom. The first-order chi connectivity index (χ1) is 20.7. The fourth-order valence-corrected chi connectivity index (χ4v) is 5.52. The fourth-order valence-electron chi connectivity index (χ4n) is 5.52. The number of aromatic amines is 1. The molecule has 2 aromatic carbocycles. The molecule has 1 aliphatic rings. The van der Waals surface area contributed by atoms with Gasteiger partial charge in [-0.05, 0) is 84.9 Å². The fraction of sp³-hybridized carbons (Fsp3) is 0.229. The monoisotopic (exact) mass is 573 g/mol. The van der Waals surface area contributed by atoms with Gasteiger partial charge in [0.05, 0.1) is 29.1 Å². The van der Waals surface area contributed by atoms with Gasteiger partial charge < -0.3 is 16.0 Å². The summed E-state index contributed by atoms with van der Waals surface area (Å²) in [4.78, 5) is 19.4. The predicted octanol–water partition coefficient (Wildman–Crippen LogP) is 7.65. The Labute approximate surface area is 251 Å². The third kappa shape index (κ3) is 6.20. The van der Waals surface area contributed by atoms with Gasteiger partial charge in [-0.3, -0.25) is 14.9 Å². The molecular formula is C35H36FN7. The van der Waals surface area contributed by atoms with Crippen molar-refractivity contribution >= 4 is 28.0 Å². The van der Waals surface area contributed by atoms with Crippen molar-refractivity contribution in [2.75, 3.05) is 24.1 Å². The SMILES string of the molecule is C=C(CC(C)C)Nc1cncc(-c2ccc(N)c(C(=C)c3nc4c(-c5cc(F)cc(CN6CCC6)c5)cncc4[nH]3)c2)c1. The normalized spacial score (nSPS) is 13.3. The highest BCUT2D eigenvalue weighted by molar-refractivity contribution is 5.94. The minimum Gasteiger partial charge on any atom is -0.398 e. The number of hydrogen-bond donors (Lipinski definition) is 3. The Morgan fingerprint density at radius 3 is 2.58 bits per heavy atom. The number of nitrogens with one attached hydrogen (secondary N) is 2. The molecule has 0 aliphatic carbocycles. The molecule has 0 spiro atoms. The van der Waals surface area contributed by atoms with Crippen LogP contribution in [0.3, 0.4) is 0 Å². The molecule has 4 N–H and O–H groups in total. The molecule has 0 amide bonds. The van der Waals surface area contributed by atoms with E-state index < -0.39 is 0 Å². The van der Waals surface area contributed by atoms with Gasteiger partial charge in [0, 0.05) is 52.6 Å². The topological polar surface area (TPSA) is 95.8 Å². The molecule has 0 saturated carbocycles. The number of fused-ring (bicyclic) bond motifs is 1. The van der Waals surface area contributed by atoms with Crippen LogP contribution in [0, 0.1) is 11.7 Å². The van der Waals surface area contributed by atoms with Gasteiger partial charge in [0.15, 0.2) is 0 Å². The first-order valence-electron chi connectivity index (χ1n) is 14.6. The molecule has 0 unspecified atom stereocenters. The van der Waals surface area contributed by atoms with E-state index in [2.05, 4.69) is 52.2 Å². The van der Waals surface area contributed by atoms with Crippen LogP contribution in [0.5, 0.6) is 0 Å². The van der Waals surface area contributed by atoms with Crippen molar-refractivity contribution in [3.8, 4) is 22.3 Å². The Kier molecular flexibility index (Phi) is 7.78. The molecule has 218 valence electrons. The maximum absolute atomic E-state index is 14.7. The lowest BCUT2D eigenvalue weighted by Gasteiger charge is -2.30. The van der Waals surface area contributed by atoms with Crippen molar-refractivity contribution in [2.45, 2.75) is 33.2 Å². The highest BCUT2D eigenvalue weighted by atomic mass is 19.1. The molecule has 0 bridgehead atoms. The predicted molar refractivity (Wildman–Crippen MR) is 174 cm³/mol. The number of aromatic nitrogens is 4. The molecule has 1 fully saturated rings. The van der Waals surface area contributed by atoms with E-state index in [4.69, 9.17) is 10.7 Å². The zero-order chi connectivity index (χ0) is 30.1. The standard InChI is InChI=1S/C35H36FN7/c1-21(2)10-22(3)40-29-14-27(16-38-17-29)25-6-7-32(37)30(15-25)23(4)35-41-33-19-39-18-31(34(33)42-35)26-11-24(12-28(36)13-26)20-43-8-5-9-43/h6-7,11-19,21,40H,3-5,8-10,20,37H2,1-2H3,(H,41,42). The number of anilines is 2. The zero-order valence-electron chi connectivity index (χ0n) is 24.6. The first kappa shape index (κ1) is 28.3. The maximum Gasteiger partial charge on any atom is 0.138 e. The van der Waals surface area contributed by atoms with Gasteiger partial charge in [-0.1, -0.05) is 33.1 Å². The summed E-state index contributed by atoms with van der Waals surface area (Å²) in [6.07, 6.45) is 9.13. The molecule has 6 rings (SSSR count). The summed E-state index contributed by atoms with van der Waals surface area (Å²) in [5, 5.41) is 3.37. The molecule has 3 aromatic heterocycles. The van der Waals surface area contributed by atoms with Gasteiger partial charge in [0.1, 0.15) is 11.6 Å². The van der Waals surface area contributed by atoms with E-state index in [0.717, 1.165) is 76.3 Å². The van der Waals surface area contributed by atoms with E-state index in [-0.39, 0.29) is 5.82 Å². The number of nitrogens with zero attached hydrogens (tertiary/aromatic N) is 4. The summed E-state index contributed by atoms with van der Waals surface area (Å²) in [6, 6.07) is 13.1. The molecule has 8 heteroatoms. The van der Waals surface area contributed by atoms with Gasteiger partial charge in [0.25, 0.3) is 0 Å². The second-order valence-electron chi connectivity index (χ2n) is 11.7. The molecular weight excluding hydrogens is 537 g/mol. The van der Waals surface area contributed by atoms with Crippen LogP contribution < -0.4 is 11.1 Å². The second kappa shape index (κ2) is 11.8. The van der Waals surface area contributed by atoms with Crippen LogP contribution in [-0.4, -0.2) is 37.9 Å². The van der Waals surface area contributed by atoms with Crippen LogP contribution in [-0.2, 0) is 6.54 Å². The average molecular weight is 574 g/mol. The van der Waals surface area contributed by atoms with Crippen molar-refractivity contribution in [3.63, 3.8) is 0 Å². The lowest BCUT2D eigenvalue weighted by molar-refractivity contribution is 0.172. The summed E-state index contributed by atoms with van der Waals surface area (Å²) in [5.74, 6) is 0.810. The summed E-state index contributed by atoms with van der Waals surface area (Å²) in [6.45, 7) is 15.6. The maximum atomic E-state index is 14.7. The number of hydrogen-bond acceptors (Lipinski definition) is 6. The van der Waals surface area contributed by atoms with Crippen molar-refractivity contribution in [1.82, 2.24) is 24.8 Å². The van der Waals surface area contributed by atoms with Crippen molar-refractivity contribution in [2.24, 2.45) is 5.92 Å². The van der Waals surface area contributed by atoms with Crippen molar-refractivity contribution in [3.05, 3.63) is 109 Å². The Bertz CT molecular complexity index is 1830. The van der Waals surface area contributed by atoms with Gasteiger partial charge in [-0.15, -0.1) is 0 Å². The van der Waals surface area contributed by atoms with E-state index in [1.54, 1.807) is 24.7 Å². The number of likely N-dealkylation sites (tertiary alicyclic amines) is 1. The van der Waals surface area contributed by atoms with Gasteiger partial charge in [0.2, 0.25) is 0 Å². The van der Waals surface area contributed by atoms with Gasteiger partial charge in [-0.25, -0.2) is 9.37 Å². The molecule has 7 nitrogen and oxygen atoms in total. The number of rotatable bonds is 10. The summed E-state index contributed by atoms with van der Waals surface area (Å²) in [7, 11) is 0. The highest BCUT2D eigenvalue weighted by Crippen LogP contribution is 2.34. The molecule has 43 heavy (non-hydrogen) atoms. The van der Waals surface area contributed by atoms with E-state index >= 15 is 0 Å². The van der Waals surface area contributed by atoms with Crippen LogP contribution in [0.4, 0.5) is 15.8 Å². The van der Waals surface area contributed by atoms with Crippen molar-refractivity contribution in [1.29, 1.82) is 0 Å². The molecule has 4 heterocycles. The number of benzene rings is 2. The first-order valence-corrected chi connectivity index (χ1v) is 14.6. The van der Waals surface area contributed by atoms with Gasteiger partial charge in [-0.2, -0.15) is 0 Å². The van der Waals surface area contributed by atoms with Crippen LogP contribution >= 0.6 is 0 Å². The number of halogens is 1. The molecule has 1 aliphatic heterocycles. The molecule has 0 atom stereocenters.